The number of carbonyl (C=O) groups is 1. The molecule has 1 saturated heterocycles. The van der Waals surface area contributed by atoms with Crippen LogP contribution < -0.4 is 5.32 Å². The van der Waals surface area contributed by atoms with Crippen molar-refractivity contribution in [2.24, 2.45) is 0 Å². The van der Waals surface area contributed by atoms with E-state index < -0.39 is 4.92 Å². The molecule has 1 N–H and O–H groups in total. The van der Waals surface area contributed by atoms with Crippen LogP contribution in [0.4, 0.5) is 11.4 Å². The van der Waals surface area contributed by atoms with E-state index in [2.05, 4.69) is 5.32 Å². The minimum absolute atomic E-state index is 0.0528. The molecule has 0 unspecified atom stereocenters. The van der Waals surface area contributed by atoms with Crippen LogP contribution in [-0.4, -0.2) is 47.6 Å². The van der Waals surface area contributed by atoms with Gasteiger partial charge < -0.3 is 10.1 Å². The Balaban J connectivity index is 2.03. The number of nitro benzene ring substituents is 1. The van der Waals surface area contributed by atoms with Gasteiger partial charge in [-0.05, 0) is 26.0 Å². The van der Waals surface area contributed by atoms with Crippen LogP contribution in [0.5, 0.6) is 0 Å². The number of carbonyl (C=O) groups excluding carboxylic acids is 1. The van der Waals surface area contributed by atoms with E-state index in [-0.39, 0.29) is 36.0 Å². The topological polar surface area (TPSA) is 84.7 Å². The largest absolute Gasteiger partial charge is 0.373 e. The SMILES string of the molecule is C[C@@H]1CN(CC(=O)Nc2cc(Cl)ccc2[N+](=O)[O-])C[C@@H](C)O1. The Morgan fingerprint density at radius 2 is 2.09 bits per heavy atom. The molecule has 22 heavy (non-hydrogen) atoms. The van der Waals surface area contributed by atoms with E-state index in [0.29, 0.717) is 18.1 Å². The third-order valence-electron chi connectivity index (χ3n) is 3.29. The van der Waals surface area contributed by atoms with Crippen LogP contribution in [0.1, 0.15) is 13.8 Å². The van der Waals surface area contributed by atoms with Crippen molar-refractivity contribution in [3.05, 3.63) is 33.3 Å². The van der Waals surface area contributed by atoms with Gasteiger partial charge in [-0.15, -0.1) is 0 Å². The minimum Gasteiger partial charge on any atom is -0.373 e. The highest BCUT2D eigenvalue weighted by Crippen LogP contribution is 2.27. The highest BCUT2D eigenvalue weighted by Gasteiger charge is 2.24. The summed E-state index contributed by atoms with van der Waals surface area (Å²) in [5.74, 6) is -0.313. The molecule has 1 aliphatic heterocycles. The zero-order chi connectivity index (χ0) is 16.3. The standard InChI is InChI=1S/C14H18ClN3O4/c1-9-6-17(7-10(2)22-9)8-14(19)16-12-5-11(15)3-4-13(12)18(20)21/h3-5,9-10H,6-8H2,1-2H3,(H,16,19)/t9-,10-/m1/s1. The third kappa shape index (κ3) is 4.40. The van der Waals surface area contributed by atoms with Crippen molar-refractivity contribution in [2.75, 3.05) is 25.0 Å². The van der Waals surface area contributed by atoms with Crippen molar-refractivity contribution in [1.29, 1.82) is 0 Å². The number of nitrogens with one attached hydrogen (secondary N) is 1. The fourth-order valence-corrected chi connectivity index (χ4v) is 2.75. The molecule has 1 aromatic rings. The molecule has 2 atom stereocenters. The summed E-state index contributed by atoms with van der Waals surface area (Å²) < 4.78 is 5.60. The first kappa shape index (κ1) is 16.7. The normalized spacial score (nSPS) is 22.3. The first-order valence-electron chi connectivity index (χ1n) is 6.96. The molecule has 120 valence electrons. The van der Waals surface area contributed by atoms with Gasteiger partial charge in [-0.1, -0.05) is 11.6 Å². The molecule has 0 aliphatic carbocycles. The average molecular weight is 328 g/mol. The molecule has 7 nitrogen and oxygen atoms in total. The maximum absolute atomic E-state index is 12.1. The molecule has 0 spiro atoms. The van der Waals surface area contributed by atoms with Gasteiger partial charge in [0.25, 0.3) is 5.69 Å². The van der Waals surface area contributed by atoms with Gasteiger partial charge in [0.1, 0.15) is 5.69 Å². The molecule has 1 aliphatic rings. The number of benzene rings is 1. The monoisotopic (exact) mass is 327 g/mol. The van der Waals surface area contributed by atoms with E-state index in [1.54, 1.807) is 0 Å². The zero-order valence-corrected chi connectivity index (χ0v) is 13.2. The van der Waals surface area contributed by atoms with E-state index in [1.165, 1.54) is 18.2 Å². The van der Waals surface area contributed by atoms with Gasteiger partial charge in [0, 0.05) is 24.2 Å². The molecule has 1 amide bonds. The fourth-order valence-electron chi connectivity index (χ4n) is 2.57. The Kier molecular flexibility index (Phi) is 5.33. The van der Waals surface area contributed by atoms with Gasteiger partial charge in [0.2, 0.25) is 5.91 Å². The molecule has 2 rings (SSSR count). The lowest BCUT2D eigenvalue weighted by Crippen LogP contribution is -2.48. The quantitative estimate of drug-likeness (QED) is 0.677. The summed E-state index contributed by atoms with van der Waals surface area (Å²) in [7, 11) is 0. The van der Waals surface area contributed by atoms with Gasteiger partial charge in [-0.3, -0.25) is 19.8 Å². The average Bonchev–Trinajstić information content (AvgIpc) is 2.36. The lowest BCUT2D eigenvalue weighted by Gasteiger charge is -2.34. The van der Waals surface area contributed by atoms with Crippen LogP contribution in [-0.2, 0) is 9.53 Å². The minimum atomic E-state index is -0.551. The van der Waals surface area contributed by atoms with Crippen LogP contribution >= 0.6 is 11.6 Å². The number of halogens is 1. The van der Waals surface area contributed by atoms with Crippen molar-refractivity contribution in [1.82, 2.24) is 4.90 Å². The lowest BCUT2D eigenvalue weighted by atomic mass is 10.2. The number of ether oxygens (including phenoxy) is 1. The first-order chi connectivity index (χ1) is 10.3. The summed E-state index contributed by atoms with van der Waals surface area (Å²) in [6.45, 7) is 5.34. The molecule has 0 aromatic heterocycles. The molecule has 8 heteroatoms. The Morgan fingerprint density at radius 3 is 2.68 bits per heavy atom. The number of nitro groups is 1. The zero-order valence-electron chi connectivity index (χ0n) is 12.4. The summed E-state index contributed by atoms with van der Waals surface area (Å²) in [5, 5.41) is 13.9. The first-order valence-corrected chi connectivity index (χ1v) is 7.34. The predicted molar refractivity (Wildman–Crippen MR) is 83.2 cm³/mol. The molecule has 1 fully saturated rings. The fraction of sp³-hybridized carbons (Fsp3) is 0.500. The molecular weight excluding hydrogens is 310 g/mol. The molecule has 0 saturated carbocycles. The molecule has 0 radical (unpaired) electrons. The van der Waals surface area contributed by atoms with Crippen molar-refractivity contribution >= 4 is 28.9 Å². The molecule has 0 bridgehead atoms. The van der Waals surface area contributed by atoms with Crippen molar-refractivity contribution in [3.8, 4) is 0 Å². The number of rotatable bonds is 4. The second-order valence-electron chi connectivity index (χ2n) is 5.42. The Morgan fingerprint density at radius 1 is 1.45 bits per heavy atom. The lowest BCUT2D eigenvalue weighted by molar-refractivity contribution is -0.383. The summed E-state index contributed by atoms with van der Waals surface area (Å²) in [4.78, 5) is 24.5. The maximum atomic E-state index is 12.1. The van der Waals surface area contributed by atoms with Crippen LogP contribution in [0.2, 0.25) is 5.02 Å². The van der Waals surface area contributed by atoms with E-state index >= 15 is 0 Å². The Hall–Kier alpha value is -1.70. The van der Waals surface area contributed by atoms with Crippen LogP contribution in [0.25, 0.3) is 0 Å². The van der Waals surface area contributed by atoms with E-state index in [4.69, 9.17) is 16.3 Å². The number of amides is 1. The summed E-state index contributed by atoms with van der Waals surface area (Å²) >= 11 is 5.83. The predicted octanol–water partition coefficient (Wildman–Crippen LogP) is 2.30. The van der Waals surface area contributed by atoms with Crippen molar-refractivity contribution in [2.45, 2.75) is 26.1 Å². The highest BCUT2D eigenvalue weighted by molar-refractivity contribution is 6.31. The maximum Gasteiger partial charge on any atom is 0.292 e. The molecule has 1 aromatic carbocycles. The third-order valence-corrected chi connectivity index (χ3v) is 3.53. The van der Waals surface area contributed by atoms with Crippen LogP contribution in [0.3, 0.4) is 0 Å². The second-order valence-corrected chi connectivity index (χ2v) is 5.85. The van der Waals surface area contributed by atoms with Gasteiger partial charge in [0.05, 0.1) is 23.7 Å². The smallest absolute Gasteiger partial charge is 0.292 e. The van der Waals surface area contributed by atoms with Crippen molar-refractivity contribution in [3.63, 3.8) is 0 Å². The molecular formula is C14H18ClN3O4. The van der Waals surface area contributed by atoms with E-state index in [0.717, 1.165) is 0 Å². The number of anilines is 1. The summed E-state index contributed by atoms with van der Waals surface area (Å²) in [6, 6.07) is 4.07. The van der Waals surface area contributed by atoms with Gasteiger partial charge in [-0.2, -0.15) is 0 Å². The van der Waals surface area contributed by atoms with E-state index in [9.17, 15) is 14.9 Å². The Labute approximate surface area is 133 Å². The van der Waals surface area contributed by atoms with Crippen LogP contribution in [0.15, 0.2) is 18.2 Å². The van der Waals surface area contributed by atoms with Crippen LogP contribution in [0, 0.1) is 10.1 Å². The van der Waals surface area contributed by atoms with E-state index in [1.807, 2.05) is 18.7 Å². The molecule has 1 heterocycles. The summed E-state index contributed by atoms with van der Waals surface area (Å²) in [5.41, 5.74) is -0.0710. The van der Waals surface area contributed by atoms with Gasteiger partial charge in [0.15, 0.2) is 0 Å². The number of hydrogen-bond donors (Lipinski definition) is 1. The number of hydrogen-bond acceptors (Lipinski definition) is 5. The second kappa shape index (κ2) is 7.04. The Bertz CT molecular complexity index is 571. The highest BCUT2D eigenvalue weighted by atomic mass is 35.5. The van der Waals surface area contributed by atoms with Gasteiger partial charge >= 0.3 is 0 Å². The van der Waals surface area contributed by atoms with Gasteiger partial charge in [-0.25, -0.2) is 0 Å². The van der Waals surface area contributed by atoms with Crippen molar-refractivity contribution < 1.29 is 14.5 Å². The number of morpholine rings is 1. The summed E-state index contributed by atoms with van der Waals surface area (Å²) in [6.07, 6.45) is 0.106. The number of nitrogens with zero attached hydrogens (tertiary/aromatic N) is 2.